The minimum Gasteiger partial charge on any atom is -0.352 e. The first-order chi connectivity index (χ1) is 19.4. The molecule has 1 N–H and O–H groups in total. The number of amides is 2. The second-order valence-electron chi connectivity index (χ2n) is 10.2. The summed E-state index contributed by atoms with van der Waals surface area (Å²) in [5.74, 6) is 0.557. The van der Waals surface area contributed by atoms with Crippen LogP contribution in [0, 0.1) is 0 Å². The molecule has 40 heavy (non-hydrogen) atoms. The number of carbonyl (C=O) groups excluding carboxylic acids is 2. The van der Waals surface area contributed by atoms with Crippen molar-refractivity contribution in [2.75, 3.05) is 5.75 Å². The lowest BCUT2D eigenvalue weighted by atomic mass is 9.94. The predicted molar refractivity (Wildman–Crippen MR) is 167 cm³/mol. The SMILES string of the molecule is O=C(NC1CCCCC1)[C@H](Cc1ccccc1)N(Cc1c(Cl)cccc1Cl)C(=O)CCCSc1ccc(Cl)cc1. The molecule has 0 heterocycles. The van der Waals surface area contributed by atoms with Gasteiger partial charge in [-0.3, -0.25) is 9.59 Å². The van der Waals surface area contributed by atoms with Crippen LogP contribution in [0.25, 0.3) is 0 Å². The quantitative estimate of drug-likeness (QED) is 0.164. The molecule has 212 valence electrons. The molecule has 0 aliphatic heterocycles. The molecule has 0 bridgehead atoms. The highest BCUT2D eigenvalue weighted by Crippen LogP contribution is 2.28. The molecule has 8 heteroatoms. The number of hydrogen-bond acceptors (Lipinski definition) is 3. The van der Waals surface area contributed by atoms with E-state index in [1.807, 2.05) is 54.6 Å². The number of hydrogen-bond donors (Lipinski definition) is 1. The van der Waals surface area contributed by atoms with Crippen molar-refractivity contribution in [2.24, 2.45) is 0 Å². The van der Waals surface area contributed by atoms with Crippen LogP contribution >= 0.6 is 46.6 Å². The van der Waals surface area contributed by atoms with Gasteiger partial charge in [0.25, 0.3) is 0 Å². The largest absolute Gasteiger partial charge is 0.352 e. The van der Waals surface area contributed by atoms with Gasteiger partial charge in [0, 0.05) is 51.0 Å². The van der Waals surface area contributed by atoms with Gasteiger partial charge in [0.2, 0.25) is 11.8 Å². The van der Waals surface area contributed by atoms with E-state index in [-0.39, 0.29) is 24.4 Å². The monoisotopic (exact) mass is 616 g/mol. The number of halogens is 3. The Labute approximate surface area is 256 Å². The number of thioether (sulfide) groups is 1. The average molecular weight is 618 g/mol. The zero-order valence-electron chi connectivity index (χ0n) is 22.5. The number of nitrogens with one attached hydrogen (secondary N) is 1. The van der Waals surface area contributed by atoms with Crippen LogP contribution in [0.4, 0.5) is 0 Å². The summed E-state index contributed by atoms with van der Waals surface area (Å²) < 4.78 is 0. The minimum atomic E-state index is -0.687. The molecule has 0 radical (unpaired) electrons. The van der Waals surface area contributed by atoms with Crippen LogP contribution in [0.3, 0.4) is 0 Å². The Morgan fingerprint density at radius 2 is 1.55 bits per heavy atom. The third-order valence-electron chi connectivity index (χ3n) is 7.23. The molecule has 0 spiro atoms. The zero-order chi connectivity index (χ0) is 28.3. The highest BCUT2D eigenvalue weighted by molar-refractivity contribution is 7.99. The maximum Gasteiger partial charge on any atom is 0.243 e. The summed E-state index contributed by atoms with van der Waals surface area (Å²) in [5.41, 5.74) is 1.64. The molecule has 1 aliphatic rings. The van der Waals surface area contributed by atoms with E-state index in [1.165, 1.54) is 6.42 Å². The fourth-order valence-corrected chi connectivity index (χ4v) is 6.54. The van der Waals surface area contributed by atoms with Crippen LogP contribution < -0.4 is 5.32 Å². The molecule has 0 aromatic heterocycles. The van der Waals surface area contributed by atoms with Crippen molar-refractivity contribution >= 4 is 58.4 Å². The van der Waals surface area contributed by atoms with E-state index in [0.717, 1.165) is 41.9 Å². The van der Waals surface area contributed by atoms with E-state index in [0.29, 0.717) is 39.9 Å². The molecule has 1 fully saturated rings. The summed E-state index contributed by atoms with van der Waals surface area (Å²) in [5, 5.41) is 4.93. The first-order valence-corrected chi connectivity index (χ1v) is 16.0. The Morgan fingerprint density at radius 1 is 0.875 bits per heavy atom. The third kappa shape index (κ3) is 9.17. The van der Waals surface area contributed by atoms with Gasteiger partial charge in [0.1, 0.15) is 6.04 Å². The van der Waals surface area contributed by atoms with Crippen molar-refractivity contribution in [1.82, 2.24) is 10.2 Å². The van der Waals surface area contributed by atoms with Crippen molar-refractivity contribution in [3.05, 3.63) is 99.0 Å². The van der Waals surface area contributed by atoms with Crippen LogP contribution in [0.15, 0.2) is 77.7 Å². The Balaban J connectivity index is 1.55. The fraction of sp³-hybridized carbons (Fsp3) is 0.375. The average Bonchev–Trinajstić information content (AvgIpc) is 2.96. The molecule has 0 unspecified atom stereocenters. The summed E-state index contributed by atoms with van der Waals surface area (Å²) in [6.45, 7) is 0.164. The van der Waals surface area contributed by atoms with Gasteiger partial charge in [0.05, 0.1) is 0 Å². The molecule has 4 rings (SSSR count). The van der Waals surface area contributed by atoms with Crippen LogP contribution in [0.2, 0.25) is 15.1 Å². The highest BCUT2D eigenvalue weighted by atomic mass is 35.5. The lowest BCUT2D eigenvalue weighted by molar-refractivity contribution is -0.141. The van der Waals surface area contributed by atoms with E-state index in [9.17, 15) is 9.59 Å². The van der Waals surface area contributed by atoms with Crippen LogP contribution in [-0.2, 0) is 22.6 Å². The van der Waals surface area contributed by atoms with Gasteiger partial charge in [-0.25, -0.2) is 0 Å². The van der Waals surface area contributed by atoms with Crippen LogP contribution in [-0.4, -0.2) is 34.6 Å². The lowest BCUT2D eigenvalue weighted by Gasteiger charge is -2.34. The van der Waals surface area contributed by atoms with Gasteiger partial charge in [-0.15, -0.1) is 11.8 Å². The zero-order valence-corrected chi connectivity index (χ0v) is 25.5. The molecule has 0 saturated heterocycles. The van der Waals surface area contributed by atoms with Gasteiger partial charge in [-0.1, -0.05) is 90.5 Å². The summed E-state index contributed by atoms with van der Waals surface area (Å²) in [6.07, 6.45) is 6.74. The van der Waals surface area contributed by atoms with Crippen LogP contribution in [0.1, 0.15) is 56.1 Å². The second-order valence-corrected chi connectivity index (χ2v) is 12.6. The molecule has 1 atom stereocenters. The molecular weight excluding hydrogens is 583 g/mol. The Kier molecular flexibility index (Phi) is 12.1. The van der Waals surface area contributed by atoms with E-state index >= 15 is 0 Å². The van der Waals surface area contributed by atoms with E-state index < -0.39 is 6.04 Å². The van der Waals surface area contributed by atoms with Crippen molar-refractivity contribution in [3.63, 3.8) is 0 Å². The Bertz CT molecular complexity index is 1230. The summed E-state index contributed by atoms with van der Waals surface area (Å²) in [4.78, 5) is 30.6. The molecular formula is C32H35Cl3N2O2S. The molecule has 3 aromatic carbocycles. The second kappa shape index (κ2) is 15.7. The maximum atomic E-state index is 13.9. The molecule has 2 amide bonds. The van der Waals surface area contributed by atoms with Gasteiger partial charge in [-0.05, 0) is 67.0 Å². The minimum absolute atomic E-state index is 0.0904. The topological polar surface area (TPSA) is 49.4 Å². The van der Waals surface area contributed by atoms with Crippen LogP contribution in [0.5, 0.6) is 0 Å². The third-order valence-corrected chi connectivity index (χ3v) is 9.29. The number of rotatable bonds is 12. The smallest absolute Gasteiger partial charge is 0.243 e. The Morgan fingerprint density at radius 3 is 2.23 bits per heavy atom. The van der Waals surface area contributed by atoms with Gasteiger partial charge in [0.15, 0.2) is 0 Å². The van der Waals surface area contributed by atoms with Crippen molar-refractivity contribution in [3.8, 4) is 0 Å². The molecule has 4 nitrogen and oxygen atoms in total. The summed E-state index contributed by atoms with van der Waals surface area (Å²) >= 11 is 20.8. The summed E-state index contributed by atoms with van der Waals surface area (Å²) in [7, 11) is 0. The summed E-state index contributed by atoms with van der Waals surface area (Å²) in [6, 6.07) is 22.3. The van der Waals surface area contributed by atoms with Gasteiger partial charge < -0.3 is 10.2 Å². The van der Waals surface area contributed by atoms with Crippen molar-refractivity contribution < 1.29 is 9.59 Å². The highest BCUT2D eigenvalue weighted by Gasteiger charge is 2.32. The van der Waals surface area contributed by atoms with E-state index in [4.69, 9.17) is 34.8 Å². The predicted octanol–water partition coefficient (Wildman–Crippen LogP) is 8.61. The first kappa shape index (κ1) is 30.8. The fourth-order valence-electron chi connectivity index (χ4n) is 5.04. The van der Waals surface area contributed by atoms with Gasteiger partial charge >= 0.3 is 0 Å². The lowest BCUT2D eigenvalue weighted by Crippen LogP contribution is -2.52. The van der Waals surface area contributed by atoms with E-state index in [1.54, 1.807) is 34.9 Å². The van der Waals surface area contributed by atoms with E-state index in [2.05, 4.69) is 5.32 Å². The molecule has 1 saturated carbocycles. The standard InChI is InChI=1S/C32H35Cl3N2O2S/c33-24-16-18-26(19-17-24)40-20-8-15-31(38)37(22-27-28(34)13-7-14-29(27)35)30(21-23-9-3-1-4-10-23)32(39)36-25-11-5-2-6-12-25/h1,3-4,7,9-10,13-14,16-19,25,30H,2,5-6,8,11-12,15,20-22H2,(H,36,39)/t30-/m0/s1. The normalized spacial score (nSPS) is 14.5. The molecule has 3 aromatic rings. The first-order valence-electron chi connectivity index (χ1n) is 13.9. The van der Waals surface area contributed by atoms with Crippen molar-refractivity contribution in [2.45, 2.75) is 74.9 Å². The number of benzene rings is 3. The number of carbonyl (C=O) groups is 2. The molecule has 1 aliphatic carbocycles. The van der Waals surface area contributed by atoms with Gasteiger partial charge in [-0.2, -0.15) is 0 Å². The Hall–Kier alpha value is -2.18. The van der Waals surface area contributed by atoms with Crippen molar-refractivity contribution in [1.29, 1.82) is 0 Å². The number of nitrogens with zero attached hydrogens (tertiary/aromatic N) is 1. The maximum absolute atomic E-state index is 13.9.